The van der Waals surface area contributed by atoms with Crippen molar-refractivity contribution in [3.05, 3.63) is 52.4 Å². The number of anilines is 1. The quantitative estimate of drug-likeness (QED) is 0.779. The largest absolute Gasteiger partial charge is 0.369 e. The summed E-state index contributed by atoms with van der Waals surface area (Å²) in [5, 5.41) is 9.09. The highest BCUT2D eigenvalue weighted by atomic mass is 35.5. The number of hydrogen-bond donors (Lipinski definition) is 1. The maximum Gasteiger partial charge on any atom is 0.133 e. The molecule has 0 spiro atoms. The van der Waals surface area contributed by atoms with Gasteiger partial charge in [-0.1, -0.05) is 23.2 Å². The van der Waals surface area contributed by atoms with Gasteiger partial charge < -0.3 is 5.32 Å². The molecule has 0 atom stereocenters. The van der Waals surface area contributed by atoms with Gasteiger partial charge in [0.1, 0.15) is 17.2 Å². The van der Waals surface area contributed by atoms with Gasteiger partial charge in [0.25, 0.3) is 0 Å². The van der Waals surface area contributed by atoms with E-state index in [0.29, 0.717) is 10.0 Å². The molecule has 0 amide bonds. The molecule has 0 saturated heterocycles. The smallest absolute Gasteiger partial charge is 0.133 e. The summed E-state index contributed by atoms with van der Waals surface area (Å²) in [6.45, 7) is 0.877. The average Bonchev–Trinajstić information content (AvgIpc) is 3.13. The van der Waals surface area contributed by atoms with Gasteiger partial charge in [0.2, 0.25) is 0 Å². The number of nitrogens with zero attached hydrogens (tertiary/aromatic N) is 4. The van der Waals surface area contributed by atoms with Crippen molar-refractivity contribution in [2.45, 2.75) is 6.42 Å². The lowest BCUT2D eigenvalue weighted by Gasteiger charge is -2.07. The molecule has 2 aromatic heterocycles. The first-order chi connectivity index (χ1) is 10.7. The van der Waals surface area contributed by atoms with Gasteiger partial charge in [0.15, 0.2) is 0 Å². The molecule has 7 heteroatoms. The number of aromatic nitrogens is 4. The SMILES string of the molecule is Clc1ccc(-n2nc(-c3cnccn3)c3c2NCC3)cc1Cl. The molecule has 0 saturated carbocycles. The fraction of sp³-hybridized carbons (Fsp3) is 0.133. The highest BCUT2D eigenvalue weighted by Crippen LogP contribution is 2.34. The Hall–Kier alpha value is -2.11. The Bertz CT molecular complexity index is 845. The van der Waals surface area contributed by atoms with Crippen LogP contribution < -0.4 is 5.32 Å². The number of benzene rings is 1. The topological polar surface area (TPSA) is 55.6 Å². The van der Waals surface area contributed by atoms with E-state index >= 15 is 0 Å². The molecule has 0 aliphatic carbocycles. The normalized spacial score (nSPS) is 13.0. The number of hydrogen-bond acceptors (Lipinski definition) is 4. The summed E-state index contributed by atoms with van der Waals surface area (Å²) in [5.41, 5.74) is 3.61. The minimum atomic E-state index is 0.502. The van der Waals surface area contributed by atoms with Crippen LogP contribution in [0.4, 0.5) is 5.82 Å². The lowest BCUT2D eigenvalue weighted by molar-refractivity contribution is 0.879. The van der Waals surface area contributed by atoms with Crippen LogP contribution in [0.1, 0.15) is 5.56 Å². The molecule has 0 radical (unpaired) electrons. The summed E-state index contributed by atoms with van der Waals surface area (Å²) in [6.07, 6.45) is 5.95. The maximum absolute atomic E-state index is 6.12. The Labute approximate surface area is 136 Å². The molecule has 0 bridgehead atoms. The van der Waals surface area contributed by atoms with Crippen molar-refractivity contribution in [3.63, 3.8) is 0 Å². The first-order valence-electron chi connectivity index (χ1n) is 6.81. The van der Waals surface area contributed by atoms with E-state index in [-0.39, 0.29) is 0 Å². The maximum atomic E-state index is 6.12. The molecular weight excluding hydrogens is 321 g/mol. The summed E-state index contributed by atoms with van der Waals surface area (Å²) in [6, 6.07) is 5.46. The Kier molecular flexibility index (Phi) is 3.24. The number of fused-ring (bicyclic) bond motifs is 1. The number of rotatable bonds is 2. The van der Waals surface area contributed by atoms with Crippen molar-refractivity contribution in [3.8, 4) is 17.1 Å². The molecular formula is C15H11Cl2N5. The third-order valence-corrected chi connectivity index (χ3v) is 4.34. The van der Waals surface area contributed by atoms with E-state index in [9.17, 15) is 0 Å². The van der Waals surface area contributed by atoms with Crippen LogP contribution in [0.5, 0.6) is 0 Å². The van der Waals surface area contributed by atoms with Gasteiger partial charge >= 0.3 is 0 Å². The van der Waals surface area contributed by atoms with E-state index in [1.807, 2.05) is 10.7 Å². The third-order valence-electron chi connectivity index (χ3n) is 3.60. The third kappa shape index (κ3) is 2.14. The van der Waals surface area contributed by atoms with Crippen LogP contribution in [0.3, 0.4) is 0 Å². The molecule has 3 heterocycles. The van der Waals surface area contributed by atoms with Gasteiger partial charge in [-0.05, 0) is 24.6 Å². The molecule has 1 N–H and O–H groups in total. The lowest BCUT2D eigenvalue weighted by Crippen LogP contribution is -2.04. The van der Waals surface area contributed by atoms with Gasteiger partial charge in [-0.2, -0.15) is 5.10 Å². The molecule has 1 aliphatic rings. The summed E-state index contributed by atoms with van der Waals surface area (Å²) >= 11 is 12.1. The van der Waals surface area contributed by atoms with Crippen molar-refractivity contribution < 1.29 is 0 Å². The predicted molar refractivity (Wildman–Crippen MR) is 86.8 cm³/mol. The van der Waals surface area contributed by atoms with Crippen molar-refractivity contribution in [1.29, 1.82) is 0 Å². The van der Waals surface area contributed by atoms with Gasteiger partial charge in [-0.15, -0.1) is 0 Å². The molecule has 4 rings (SSSR count). The second kappa shape index (κ2) is 5.26. The van der Waals surface area contributed by atoms with Crippen LogP contribution >= 0.6 is 23.2 Å². The Morgan fingerprint density at radius 3 is 2.82 bits per heavy atom. The van der Waals surface area contributed by atoms with Crippen molar-refractivity contribution in [1.82, 2.24) is 19.7 Å². The van der Waals surface area contributed by atoms with Gasteiger partial charge in [0.05, 0.1) is 21.9 Å². The van der Waals surface area contributed by atoms with E-state index in [1.165, 1.54) is 0 Å². The molecule has 1 aliphatic heterocycles. The molecule has 3 aromatic rings. The van der Waals surface area contributed by atoms with E-state index < -0.39 is 0 Å². The molecule has 1 aromatic carbocycles. The summed E-state index contributed by atoms with van der Waals surface area (Å²) < 4.78 is 1.84. The highest BCUT2D eigenvalue weighted by molar-refractivity contribution is 6.42. The monoisotopic (exact) mass is 331 g/mol. The van der Waals surface area contributed by atoms with Crippen LogP contribution in [-0.4, -0.2) is 26.3 Å². The van der Waals surface area contributed by atoms with E-state index in [1.54, 1.807) is 30.7 Å². The summed E-state index contributed by atoms with van der Waals surface area (Å²) in [4.78, 5) is 8.48. The molecule has 5 nitrogen and oxygen atoms in total. The zero-order chi connectivity index (χ0) is 15.1. The predicted octanol–water partition coefficient (Wildman–Crippen LogP) is 3.60. The van der Waals surface area contributed by atoms with E-state index in [0.717, 1.165) is 41.4 Å². The van der Waals surface area contributed by atoms with Gasteiger partial charge in [-0.25, -0.2) is 4.68 Å². The van der Waals surface area contributed by atoms with E-state index in [4.69, 9.17) is 28.3 Å². The summed E-state index contributed by atoms with van der Waals surface area (Å²) in [7, 11) is 0. The zero-order valence-electron chi connectivity index (χ0n) is 11.4. The first-order valence-corrected chi connectivity index (χ1v) is 7.57. The standard InChI is InChI=1S/C15H11Cl2N5/c16-11-2-1-9(7-12(11)17)22-15-10(3-4-20-15)14(21-22)13-8-18-5-6-19-13/h1-2,5-8,20H,3-4H2. The second-order valence-corrected chi connectivity index (χ2v) is 5.77. The number of halogens is 2. The minimum Gasteiger partial charge on any atom is -0.369 e. The molecule has 110 valence electrons. The average molecular weight is 332 g/mol. The second-order valence-electron chi connectivity index (χ2n) is 4.95. The summed E-state index contributed by atoms with van der Waals surface area (Å²) in [5.74, 6) is 0.971. The van der Waals surface area contributed by atoms with Gasteiger partial charge in [-0.3, -0.25) is 9.97 Å². The van der Waals surface area contributed by atoms with Crippen molar-refractivity contribution >= 4 is 29.0 Å². The fourth-order valence-electron chi connectivity index (χ4n) is 2.61. The van der Waals surface area contributed by atoms with E-state index in [2.05, 4.69) is 15.3 Å². The molecule has 22 heavy (non-hydrogen) atoms. The molecule has 0 fully saturated rings. The van der Waals surface area contributed by atoms with Crippen LogP contribution in [0.15, 0.2) is 36.8 Å². The lowest BCUT2D eigenvalue weighted by atomic mass is 10.1. The Morgan fingerprint density at radius 1 is 1.14 bits per heavy atom. The molecule has 0 unspecified atom stereocenters. The Morgan fingerprint density at radius 2 is 2.05 bits per heavy atom. The van der Waals surface area contributed by atoms with Gasteiger partial charge in [0, 0.05) is 24.5 Å². The zero-order valence-corrected chi connectivity index (χ0v) is 12.9. The van der Waals surface area contributed by atoms with Crippen LogP contribution in [-0.2, 0) is 6.42 Å². The van der Waals surface area contributed by atoms with Crippen molar-refractivity contribution in [2.24, 2.45) is 0 Å². The number of nitrogens with one attached hydrogen (secondary N) is 1. The fourth-order valence-corrected chi connectivity index (χ4v) is 2.90. The van der Waals surface area contributed by atoms with Crippen molar-refractivity contribution in [2.75, 3.05) is 11.9 Å². The van der Waals surface area contributed by atoms with Crippen LogP contribution in [0, 0.1) is 0 Å². The minimum absolute atomic E-state index is 0.502. The Balaban J connectivity index is 1.89. The van der Waals surface area contributed by atoms with Crippen LogP contribution in [0.25, 0.3) is 17.1 Å². The highest BCUT2D eigenvalue weighted by Gasteiger charge is 2.24. The first kappa shape index (κ1) is 13.5. The van der Waals surface area contributed by atoms with Crippen LogP contribution in [0.2, 0.25) is 10.0 Å².